The van der Waals surface area contributed by atoms with Crippen molar-refractivity contribution in [3.05, 3.63) is 29.3 Å². The van der Waals surface area contributed by atoms with Crippen LogP contribution in [0.4, 0.5) is 5.69 Å². The minimum atomic E-state index is -0.636. The van der Waals surface area contributed by atoms with Gasteiger partial charge in [-0.1, -0.05) is 32.0 Å². The first-order valence-corrected chi connectivity index (χ1v) is 7.15. The lowest BCUT2D eigenvalue weighted by atomic mass is 9.98. The minimum Gasteiger partial charge on any atom is -0.385 e. The molecule has 0 saturated heterocycles. The van der Waals surface area contributed by atoms with Crippen LogP contribution in [0.3, 0.4) is 0 Å². The van der Waals surface area contributed by atoms with E-state index in [4.69, 9.17) is 4.74 Å². The number of carbonyl (C=O) groups is 2. The van der Waals surface area contributed by atoms with Crippen LogP contribution in [0.15, 0.2) is 18.2 Å². The fraction of sp³-hybridized carbons (Fsp3) is 0.500. The molecule has 0 aliphatic rings. The second-order valence-corrected chi connectivity index (χ2v) is 5.25. The summed E-state index contributed by atoms with van der Waals surface area (Å²) in [6, 6.07) is 5.83. The predicted molar refractivity (Wildman–Crippen MR) is 83.4 cm³/mol. The van der Waals surface area contributed by atoms with Crippen molar-refractivity contribution < 1.29 is 14.3 Å². The molecule has 0 aromatic heterocycles. The van der Waals surface area contributed by atoms with Crippen LogP contribution in [-0.4, -0.2) is 32.1 Å². The molecular formula is C16H24N2O3. The number of ether oxygens (including phenoxy) is 1. The van der Waals surface area contributed by atoms with Crippen LogP contribution in [-0.2, 0) is 14.3 Å². The highest BCUT2D eigenvalue weighted by Gasteiger charge is 2.17. The van der Waals surface area contributed by atoms with E-state index >= 15 is 0 Å². The molecular weight excluding hydrogens is 268 g/mol. The van der Waals surface area contributed by atoms with Crippen molar-refractivity contribution in [2.75, 3.05) is 25.6 Å². The lowest BCUT2D eigenvalue weighted by molar-refractivity contribution is -0.136. The van der Waals surface area contributed by atoms with Gasteiger partial charge in [0, 0.05) is 25.9 Å². The highest BCUT2D eigenvalue weighted by atomic mass is 16.5. The summed E-state index contributed by atoms with van der Waals surface area (Å²) in [5, 5.41) is 5.29. The van der Waals surface area contributed by atoms with Crippen molar-refractivity contribution in [1.29, 1.82) is 0 Å². The molecule has 116 valence electrons. The summed E-state index contributed by atoms with van der Waals surface area (Å²) in [7, 11) is 1.60. The average molecular weight is 292 g/mol. The Morgan fingerprint density at radius 2 is 1.95 bits per heavy atom. The van der Waals surface area contributed by atoms with E-state index in [0.29, 0.717) is 19.6 Å². The summed E-state index contributed by atoms with van der Waals surface area (Å²) in [5.74, 6) is -0.988. The van der Waals surface area contributed by atoms with Crippen LogP contribution in [0, 0.1) is 6.92 Å². The van der Waals surface area contributed by atoms with E-state index in [1.54, 1.807) is 7.11 Å². The highest BCUT2D eigenvalue weighted by molar-refractivity contribution is 6.39. The highest BCUT2D eigenvalue weighted by Crippen LogP contribution is 2.27. The van der Waals surface area contributed by atoms with Gasteiger partial charge in [-0.15, -0.1) is 0 Å². The van der Waals surface area contributed by atoms with Crippen LogP contribution in [0.2, 0.25) is 0 Å². The van der Waals surface area contributed by atoms with Gasteiger partial charge in [-0.2, -0.15) is 0 Å². The van der Waals surface area contributed by atoms with E-state index in [1.807, 2.05) is 25.1 Å². The Labute approximate surface area is 126 Å². The Balaban J connectivity index is 2.68. The van der Waals surface area contributed by atoms with Crippen LogP contribution in [0.1, 0.15) is 37.3 Å². The molecule has 0 atom stereocenters. The maximum atomic E-state index is 11.9. The number of rotatable bonds is 6. The van der Waals surface area contributed by atoms with E-state index in [9.17, 15) is 9.59 Å². The monoisotopic (exact) mass is 292 g/mol. The molecule has 5 heteroatoms. The molecule has 0 fully saturated rings. The van der Waals surface area contributed by atoms with Crippen molar-refractivity contribution in [1.82, 2.24) is 5.32 Å². The van der Waals surface area contributed by atoms with Gasteiger partial charge in [0.1, 0.15) is 0 Å². The topological polar surface area (TPSA) is 67.4 Å². The van der Waals surface area contributed by atoms with Crippen molar-refractivity contribution in [2.45, 2.75) is 33.1 Å². The van der Waals surface area contributed by atoms with Gasteiger partial charge in [0.2, 0.25) is 0 Å². The standard InChI is InChI=1S/C16H24N2O3/c1-11(2)13-8-5-7-12(3)14(13)18-16(20)15(19)17-9-6-10-21-4/h5,7-8,11H,6,9-10H2,1-4H3,(H,17,19)(H,18,20). The summed E-state index contributed by atoms with van der Waals surface area (Å²) in [4.78, 5) is 23.7. The third-order valence-electron chi connectivity index (χ3n) is 3.18. The van der Waals surface area contributed by atoms with Gasteiger partial charge in [0.05, 0.1) is 0 Å². The number of amides is 2. The SMILES string of the molecule is COCCCNC(=O)C(=O)Nc1c(C)cccc1C(C)C. The summed E-state index contributed by atoms with van der Waals surface area (Å²) in [6.45, 7) is 6.99. The number of methoxy groups -OCH3 is 1. The van der Waals surface area contributed by atoms with E-state index in [1.165, 1.54) is 0 Å². The summed E-state index contributed by atoms with van der Waals surface area (Å²) in [6.07, 6.45) is 0.678. The number of benzene rings is 1. The number of nitrogens with one attached hydrogen (secondary N) is 2. The Morgan fingerprint density at radius 1 is 1.24 bits per heavy atom. The molecule has 0 aliphatic carbocycles. The smallest absolute Gasteiger partial charge is 0.313 e. The fourth-order valence-electron chi connectivity index (χ4n) is 2.01. The predicted octanol–water partition coefficient (Wildman–Crippen LogP) is 2.21. The van der Waals surface area contributed by atoms with E-state index in [-0.39, 0.29) is 5.92 Å². The molecule has 0 bridgehead atoms. The van der Waals surface area contributed by atoms with Gasteiger partial charge in [-0.3, -0.25) is 9.59 Å². The summed E-state index contributed by atoms with van der Waals surface area (Å²) >= 11 is 0. The first kappa shape index (κ1) is 17.2. The van der Waals surface area contributed by atoms with E-state index < -0.39 is 11.8 Å². The minimum absolute atomic E-state index is 0.268. The number of aryl methyl sites for hydroxylation is 1. The van der Waals surface area contributed by atoms with Crippen LogP contribution in [0.5, 0.6) is 0 Å². The molecule has 21 heavy (non-hydrogen) atoms. The zero-order valence-corrected chi connectivity index (χ0v) is 13.2. The number of carbonyl (C=O) groups excluding carboxylic acids is 2. The molecule has 0 saturated carbocycles. The molecule has 0 heterocycles. The maximum Gasteiger partial charge on any atom is 0.313 e. The van der Waals surface area contributed by atoms with Crippen molar-refractivity contribution in [3.63, 3.8) is 0 Å². The van der Waals surface area contributed by atoms with Gasteiger partial charge in [0.15, 0.2) is 0 Å². The Bertz CT molecular complexity index is 498. The summed E-state index contributed by atoms with van der Waals surface area (Å²) < 4.78 is 4.89. The molecule has 0 unspecified atom stereocenters. The van der Waals surface area contributed by atoms with E-state index in [0.717, 1.165) is 16.8 Å². The molecule has 0 radical (unpaired) electrons. The fourth-order valence-corrected chi connectivity index (χ4v) is 2.01. The van der Waals surface area contributed by atoms with Gasteiger partial charge in [-0.25, -0.2) is 0 Å². The number of hydrogen-bond acceptors (Lipinski definition) is 3. The van der Waals surface area contributed by atoms with Crippen molar-refractivity contribution >= 4 is 17.5 Å². The van der Waals surface area contributed by atoms with Gasteiger partial charge in [0.25, 0.3) is 0 Å². The van der Waals surface area contributed by atoms with E-state index in [2.05, 4.69) is 24.5 Å². The number of hydrogen-bond donors (Lipinski definition) is 2. The molecule has 2 amide bonds. The average Bonchev–Trinajstić information content (AvgIpc) is 2.45. The first-order chi connectivity index (χ1) is 9.97. The molecule has 5 nitrogen and oxygen atoms in total. The van der Waals surface area contributed by atoms with Crippen LogP contribution < -0.4 is 10.6 Å². The van der Waals surface area contributed by atoms with Crippen LogP contribution in [0.25, 0.3) is 0 Å². The molecule has 2 N–H and O–H groups in total. The Morgan fingerprint density at radius 3 is 2.57 bits per heavy atom. The normalized spacial score (nSPS) is 10.5. The summed E-state index contributed by atoms with van der Waals surface area (Å²) in [5.41, 5.74) is 2.70. The lowest BCUT2D eigenvalue weighted by Gasteiger charge is -2.16. The van der Waals surface area contributed by atoms with Gasteiger partial charge < -0.3 is 15.4 Å². The zero-order valence-electron chi connectivity index (χ0n) is 13.2. The molecule has 1 aromatic rings. The van der Waals surface area contributed by atoms with Gasteiger partial charge >= 0.3 is 11.8 Å². The lowest BCUT2D eigenvalue weighted by Crippen LogP contribution is -2.36. The second kappa shape index (κ2) is 8.42. The molecule has 0 spiro atoms. The number of para-hydroxylation sites is 1. The molecule has 0 aliphatic heterocycles. The van der Waals surface area contributed by atoms with Crippen molar-refractivity contribution in [3.8, 4) is 0 Å². The third-order valence-corrected chi connectivity index (χ3v) is 3.18. The number of anilines is 1. The first-order valence-electron chi connectivity index (χ1n) is 7.15. The maximum absolute atomic E-state index is 11.9. The third kappa shape index (κ3) is 5.19. The Kier molecular flexibility index (Phi) is 6.88. The quantitative estimate of drug-likeness (QED) is 0.624. The molecule has 1 rings (SSSR count). The largest absolute Gasteiger partial charge is 0.385 e. The van der Waals surface area contributed by atoms with Crippen LogP contribution >= 0.6 is 0 Å². The second-order valence-electron chi connectivity index (χ2n) is 5.25. The molecule has 1 aromatic carbocycles. The Hall–Kier alpha value is -1.88. The van der Waals surface area contributed by atoms with Gasteiger partial charge in [-0.05, 0) is 30.4 Å². The zero-order chi connectivity index (χ0) is 15.8. The van der Waals surface area contributed by atoms with Crippen molar-refractivity contribution in [2.24, 2.45) is 0 Å².